The van der Waals surface area contributed by atoms with Gasteiger partial charge in [0.05, 0.1) is 13.0 Å². The Labute approximate surface area is 113 Å². The molecule has 108 valence electrons. The number of hydrogen-bond acceptors (Lipinski definition) is 5. The van der Waals surface area contributed by atoms with Crippen LogP contribution in [0.5, 0.6) is 0 Å². The fourth-order valence-corrected chi connectivity index (χ4v) is 1.75. The lowest BCUT2D eigenvalue weighted by Crippen LogP contribution is -2.19. The summed E-state index contributed by atoms with van der Waals surface area (Å²) < 4.78 is 10.8. The van der Waals surface area contributed by atoms with Crippen molar-refractivity contribution >= 4 is 5.97 Å². The standard InChI is InChI=1S/C13H22N2O4/c1-4-6-18-7-5-10-14-15-11(19-10)8-13(2,3)9-12(16)17/h4-9H2,1-3H3,(H,16,17). The fraction of sp³-hybridized carbons (Fsp3) is 0.769. The molecule has 0 radical (unpaired) electrons. The first-order valence-corrected chi connectivity index (χ1v) is 6.54. The molecule has 0 bridgehead atoms. The van der Waals surface area contributed by atoms with Gasteiger partial charge in [0.1, 0.15) is 0 Å². The van der Waals surface area contributed by atoms with Crippen LogP contribution in [0.2, 0.25) is 0 Å². The Balaban J connectivity index is 2.43. The van der Waals surface area contributed by atoms with Crippen molar-refractivity contribution in [3.05, 3.63) is 11.8 Å². The van der Waals surface area contributed by atoms with E-state index in [1.165, 1.54) is 0 Å². The van der Waals surface area contributed by atoms with E-state index in [0.29, 0.717) is 31.2 Å². The maximum absolute atomic E-state index is 10.7. The average molecular weight is 270 g/mol. The molecule has 0 aliphatic rings. The van der Waals surface area contributed by atoms with Gasteiger partial charge >= 0.3 is 5.97 Å². The van der Waals surface area contributed by atoms with Crippen LogP contribution >= 0.6 is 0 Å². The van der Waals surface area contributed by atoms with Crippen LogP contribution in [0.15, 0.2) is 4.42 Å². The molecule has 0 saturated carbocycles. The molecule has 0 aromatic carbocycles. The molecule has 19 heavy (non-hydrogen) atoms. The Hall–Kier alpha value is -1.43. The number of carbonyl (C=O) groups is 1. The number of rotatable bonds is 9. The lowest BCUT2D eigenvalue weighted by Gasteiger charge is -2.19. The van der Waals surface area contributed by atoms with Gasteiger partial charge in [-0.25, -0.2) is 0 Å². The van der Waals surface area contributed by atoms with Gasteiger partial charge in [0.15, 0.2) is 0 Å². The Kier molecular flexibility index (Phi) is 5.95. The van der Waals surface area contributed by atoms with E-state index in [4.69, 9.17) is 14.3 Å². The van der Waals surface area contributed by atoms with Crippen LogP contribution in [0.25, 0.3) is 0 Å². The third-order valence-electron chi connectivity index (χ3n) is 2.58. The second kappa shape index (κ2) is 7.23. The third kappa shape index (κ3) is 6.33. The van der Waals surface area contributed by atoms with Crippen LogP contribution in [0.1, 0.15) is 45.4 Å². The number of nitrogens with zero attached hydrogens (tertiary/aromatic N) is 2. The highest BCUT2D eigenvalue weighted by molar-refractivity contribution is 5.67. The molecule has 0 fully saturated rings. The monoisotopic (exact) mass is 270 g/mol. The summed E-state index contributed by atoms with van der Waals surface area (Å²) in [5, 5.41) is 16.7. The second-order valence-electron chi connectivity index (χ2n) is 5.36. The smallest absolute Gasteiger partial charge is 0.303 e. The van der Waals surface area contributed by atoms with Gasteiger partial charge in [-0.2, -0.15) is 0 Å². The molecule has 0 aliphatic carbocycles. The van der Waals surface area contributed by atoms with E-state index in [9.17, 15) is 4.79 Å². The minimum absolute atomic E-state index is 0.0737. The molecule has 1 N–H and O–H groups in total. The van der Waals surface area contributed by atoms with Gasteiger partial charge in [0, 0.05) is 19.4 Å². The number of aliphatic carboxylic acids is 1. The zero-order valence-corrected chi connectivity index (χ0v) is 11.8. The van der Waals surface area contributed by atoms with Crippen molar-refractivity contribution in [1.29, 1.82) is 0 Å². The van der Waals surface area contributed by atoms with Gasteiger partial charge in [-0.3, -0.25) is 4.79 Å². The van der Waals surface area contributed by atoms with Crippen LogP contribution in [-0.4, -0.2) is 34.5 Å². The molecular weight excluding hydrogens is 248 g/mol. The van der Waals surface area contributed by atoms with Crippen molar-refractivity contribution in [1.82, 2.24) is 10.2 Å². The number of hydrogen-bond donors (Lipinski definition) is 1. The Morgan fingerprint density at radius 1 is 1.32 bits per heavy atom. The predicted molar refractivity (Wildman–Crippen MR) is 68.8 cm³/mol. The molecule has 6 nitrogen and oxygen atoms in total. The molecule has 0 unspecified atom stereocenters. The van der Waals surface area contributed by atoms with Gasteiger partial charge in [0.25, 0.3) is 0 Å². The van der Waals surface area contributed by atoms with E-state index < -0.39 is 11.4 Å². The van der Waals surface area contributed by atoms with Crippen molar-refractivity contribution in [2.24, 2.45) is 5.41 Å². The fourth-order valence-electron chi connectivity index (χ4n) is 1.75. The summed E-state index contributed by atoms with van der Waals surface area (Å²) >= 11 is 0. The summed E-state index contributed by atoms with van der Waals surface area (Å²) in [6.45, 7) is 7.08. The minimum atomic E-state index is -0.822. The van der Waals surface area contributed by atoms with Gasteiger partial charge in [0.2, 0.25) is 11.8 Å². The number of ether oxygens (including phenoxy) is 1. The normalized spacial score (nSPS) is 11.7. The molecule has 1 rings (SSSR count). The molecule has 0 aliphatic heterocycles. The molecule has 1 aromatic heterocycles. The first kappa shape index (κ1) is 15.6. The number of carboxylic acid groups (broad SMARTS) is 1. The van der Waals surface area contributed by atoms with Gasteiger partial charge in [-0.05, 0) is 11.8 Å². The molecular formula is C13H22N2O4. The lowest BCUT2D eigenvalue weighted by atomic mass is 9.86. The van der Waals surface area contributed by atoms with Crippen LogP contribution < -0.4 is 0 Å². The first-order valence-electron chi connectivity index (χ1n) is 6.54. The molecule has 0 spiro atoms. The van der Waals surface area contributed by atoms with Crippen LogP contribution in [0.4, 0.5) is 0 Å². The van der Waals surface area contributed by atoms with E-state index in [1.54, 1.807) is 0 Å². The topological polar surface area (TPSA) is 85.5 Å². The number of carboxylic acids is 1. The quantitative estimate of drug-likeness (QED) is 0.691. The van der Waals surface area contributed by atoms with E-state index in [2.05, 4.69) is 17.1 Å². The predicted octanol–water partition coefficient (Wildman–Crippen LogP) is 2.08. The van der Waals surface area contributed by atoms with Crippen LogP contribution in [-0.2, 0) is 22.4 Å². The summed E-state index contributed by atoms with van der Waals surface area (Å²) in [5.41, 5.74) is -0.394. The minimum Gasteiger partial charge on any atom is -0.481 e. The maximum atomic E-state index is 10.7. The maximum Gasteiger partial charge on any atom is 0.303 e. The Morgan fingerprint density at radius 2 is 2.00 bits per heavy atom. The van der Waals surface area contributed by atoms with Crippen molar-refractivity contribution in [3.63, 3.8) is 0 Å². The molecule has 0 atom stereocenters. The van der Waals surface area contributed by atoms with Gasteiger partial charge in [-0.1, -0.05) is 20.8 Å². The summed E-state index contributed by atoms with van der Waals surface area (Å²) in [6.07, 6.45) is 2.11. The Bertz CT molecular complexity index is 401. The molecule has 6 heteroatoms. The van der Waals surface area contributed by atoms with Crippen molar-refractivity contribution in [2.45, 2.75) is 46.5 Å². The highest BCUT2D eigenvalue weighted by Crippen LogP contribution is 2.25. The largest absolute Gasteiger partial charge is 0.481 e. The van der Waals surface area contributed by atoms with Crippen molar-refractivity contribution < 1.29 is 19.1 Å². The van der Waals surface area contributed by atoms with E-state index in [-0.39, 0.29) is 6.42 Å². The van der Waals surface area contributed by atoms with Crippen LogP contribution in [0.3, 0.4) is 0 Å². The van der Waals surface area contributed by atoms with Gasteiger partial charge in [-0.15, -0.1) is 10.2 Å². The first-order chi connectivity index (χ1) is 8.93. The van der Waals surface area contributed by atoms with Crippen LogP contribution in [0, 0.1) is 5.41 Å². The van der Waals surface area contributed by atoms with E-state index in [1.807, 2.05) is 13.8 Å². The summed E-state index contributed by atoms with van der Waals surface area (Å²) in [5.74, 6) is 0.201. The molecule has 1 aromatic rings. The lowest BCUT2D eigenvalue weighted by molar-refractivity contribution is -0.139. The highest BCUT2D eigenvalue weighted by Gasteiger charge is 2.25. The zero-order valence-electron chi connectivity index (χ0n) is 11.8. The van der Waals surface area contributed by atoms with Crippen molar-refractivity contribution in [3.8, 4) is 0 Å². The van der Waals surface area contributed by atoms with Gasteiger partial charge < -0.3 is 14.3 Å². The average Bonchev–Trinajstić information content (AvgIpc) is 2.69. The number of aromatic nitrogens is 2. The zero-order chi connectivity index (χ0) is 14.3. The Morgan fingerprint density at radius 3 is 2.63 bits per heavy atom. The third-order valence-corrected chi connectivity index (χ3v) is 2.58. The van der Waals surface area contributed by atoms with E-state index in [0.717, 1.165) is 13.0 Å². The highest BCUT2D eigenvalue weighted by atomic mass is 16.5. The summed E-state index contributed by atoms with van der Waals surface area (Å²) in [4.78, 5) is 10.7. The van der Waals surface area contributed by atoms with E-state index >= 15 is 0 Å². The SMILES string of the molecule is CCCOCCc1nnc(CC(C)(C)CC(=O)O)o1. The summed E-state index contributed by atoms with van der Waals surface area (Å²) in [6, 6.07) is 0. The molecule has 0 amide bonds. The summed E-state index contributed by atoms with van der Waals surface area (Å²) in [7, 11) is 0. The van der Waals surface area contributed by atoms with Crippen molar-refractivity contribution in [2.75, 3.05) is 13.2 Å². The second-order valence-corrected chi connectivity index (χ2v) is 5.36. The molecule has 0 saturated heterocycles. The molecule has 1 heterocycles.